The van der Waals surface area contributed by atoms with Gasteiger partial charge in [0.2, 0.25) is 6.79 Å². The van der Waals surface area contributed by atoms with E-state index < -0.39 is 0 Å². The van der Waals surface area contributed by atoms with Gasteiger partial charge < -0.3 is 14.2 Å². The molecule has 162 valence electrons. The number of fused-ring (bicyclic) bond motifs is 1. The van der Waals surface area contributed by atoms with Crippen LogP contribution in [0.4, 0.5) is 0 Å². The van der Waals surface area contributed by atoms with Gasteiger partial charge in [-0.05, 0) is 50.1 Å². The third-order valence-corrected chi connectivity index (χ3v) is 5.90. The molecule has 0 spiro atoms. The van der Waals surface area contributed by atoms with Crippen LogP contribution in [0.25, 0.3) is 11.3 Å². The Bertz CT molecular complexity index is 1010. The van der Waals surface area contributed by atoms with Crippen LogP contribution in [0.5, 0.6) is 11.5 Å². The first-order valence-corrected chi connectivity index (χ1v) is 11.0. The Kier molecular flexibility index (Phi) is 5.91. The molecule has 31 heavy (non-hydrogen) atoms. The van der Waals surface area contributed by atoms with Crippen molar-refractivity contribution in [3.63, 3.8) is 0 Å². The van der Waals surface area contributed by atoms with E-state index in [0.717, 1.165) is 55.4 Å². The minimum absolute atomic E-state index is 0.276. The summed E-state index contributed by atoms with van der Waals surface area (Å²) in [6.45, 7) is 3.66. The molecule has 0 saturated carbocycles. The third-order valence-electron chi connectivity index (χ3n) is 5.90. The Balaban J connectivity index is 1.40. The van der Waals surface area contributed by atoms with Crippen LogP contribution in [0.1, 0.15) is 30.4 Å². The molecule has 2 aliphatic heterocycles. The lowest BCUT2D eigenvalue weighted by Crippen LogP contribution is -2.33. The fraction of sp³-hybridized carbons (Fsp3) is 0.400. The summed E-state index contributed by atoms with van der Waals surface area (Å²) >= 11 is 0. The fourth-order valence-corrected chi connectivity index (χ4v) is 4.37. The van der Waals surface area contributed by atoms with Gasteiger partial charge in [-0.15, -0.1) is 0 Å². The molecule has 6 heteroatoms. The number of nitrogens with zero attached hydrogens (tertiary/aromatic N) is 3. The maximum atomic E-state index is 5.94. The van der Waals surface area contributed by atoms with Gasteiger partial charge in [-0.2, -0.15) is 5.10 Å². The number of likely N-dealkylation sites (N-methyl/N-ethyl adjacent to an activating group) is 1. The summed E-state index contributed by atoms with van der Waals surface area (Å²) in [7, 11) is 2.16. The third kappa shape index (κ3) is 4.75. The lowest BCUT2D eigenvalue weighted by atomic mass is 10.1. The molecular weight excluding hydrogens is 390 g/mol. The second-order valence-electron chi connectivity index (χ2n) is 8.44. The zero-order chi connectivity index (χ0) is 21.0. The van der Waals surface area contributed by atoms with E-state index in [1.165, 1.54) is 24.0 Å². The number of aromatic nitrogens is 2. The first kappa shape index (κ1) is 20.1. The van der Waals surface area contributed by atoms with Crippen LogP contribution >= 0.6 is 0 Å². The molecule has 0 amide bonds. The van der Waals surface area contributed by atoms with Gasteiger partial charge in [-0.1, -0.05) is 30.3 Å². The molecule has 2 aromatic carbocycles. The van der Waals surface area contributed by atoms with Crippen LogP contribution in [-0.2, 0) is 17.8 Å². The van der Waals surface area contributed by atoms with Crippen molar-refractivity contribution >= 4 is 0 Å². The average Bonchev–Trinajstić information content (AvgIpc) is 3.41. The van der Waals surface area contributed by atoms with Gasteiger partial charge in [0.05, 0.1) is 18.3 Å². The molecule has 1 fully saturated rings. The summed E-state index contributed by atoms with van der Waals surface area (Å²) in [5.74, 6) is 1.57. The van der Waals surface area contributed by atoms with E-state index in [2.05, 4.69) is 48.5 Å². The van der Waals surface area contributed by atoms with E-state index in [1.54, 1.807) is 0 Å². The second-order valence-corrected chi connectivity index (χ2v) is 8.44. The van der Waals surface area contributed by atoms with Gasteiger partial charge in [0.25, 0.3) is 0 Å². The molecule has 0 aliphatic carbocycles. The first-order chi connectivity index (χ1) is 15.2. The van der Waals surface area contributed by atoms with E-state index in [0.29, 0.717) is 6.10 Å². The fourth-order valence-electron chi connectivity index (χ4n) is 4.37. The Labute approximate surface area is 183 Å². The van der Waals surface area contributed by atoms with Crippen molar-refractivity contribution in [2.24, 2.45) is 0 Å². The topological polar surface area (TPSA) is 48.8 Å². The normalized spacial score (nSPS) is 17.9. The van der Waals surface area contributed by atoms with E-state index in [4.69, 9.17) is 19.3 Å². The van der Waals surface area contributed by atoms with Crippen molar-refractivity contribution in [3.8, 4) is 22.8 Å². The zero-order valence-corrected chi connectivity index (χ0v) is 18.0. The molecule has 1 atom stereocenters. The van der Waals surface area contributed by atoms with Crippen molar-refractivity contribution in [2.45, 2.75) is 38.5 Å². The smallest absolute Gasteiger partial charge is 0.231 e. The predicted octanol–water partition coefficient (Wildman–Crippen LogP) is 4.33. The predicted molar refractivity (Wildman–Crippen MR) is 119 cm³/mol. The van der Waals surface area contributed by atoms with Gasteiger partial charge in [-0.25, -0.2) is 0 Å². The van der Waals surface area contributed by atoms with Gasteiger partial charge in [-0.3, -0.25) is 9.58 Å². The molecule has 3 aromatic rings. The molecule has 1 saturated heterocycles. The highest BCUT2D eigenvalue weighted by Crippen LogP contribution is 2.36. The molecule has 0 bridgehead atoms. The van der Waals surface area contributed by atoms with Crippen molar-refractivity contribution in [1.29, 1.82) is 0 Å². The highest BCUT2D eigenvalue weighted by molar-refractivity contribution is 5.67. The van der Waals surface area contributed by atoms with Crippen LogP contribution in [0, 0.1) is 0 Å². The summed E-state index contributed by atoms with van der Waals surface area (Å²) in [6.07, 6.45) is 6.08. The highest BCUT2D eigenvalue weighted by Gasteiger charge is 2.20. The summed E-state index contributed by atoms with van der Waals surface area (Å²) in [5.41, 5.74) is 4.48. The summed E-state index contributed by atoms with van der Waals surface area (Å²) in [4.78, 5) is 2.34. The Hall–Kier alpha value is -2.83. The maximum Gasteiger partial charge on any atom is 0.231 e. The number of benzene rings is 2. The van der Waals surface area contributed by atoms with Crippen molar-refractivity contribution in [2.75, 3.05) is 27.0 Å². The number of hydrogen-bond donors (Lipinski definition) is 0. The Morgan fingerprint density at radius 1 is 1.06 bits per heavy atom. The number of rotatable bonds is 7. The number of ether oxygens (including phenoxy) is 3. The van der Waals surface area contributed by atoms with E-state index in [9.17, 15) is 0 Å². The SMILES string of the molecule is CN(Cc1cn(Cc2ccccc2)nc1-c1ccc2c(c1)OCO2)C[C@H]1CCCCO1. The standard InChI is InChI=1S/C25H29N3O3/c1-27(17-22-9-5-6-12-29-22)15-21-16-28(14-19-7-3-2-4-8-19)26-25(21)20-10-11-23-24(13-20)31-18-30-23/h2-4,7-8,10-11,13,16,22H,5-6,9,12,14-15,17-18H2,1H3/t22-/m1/s1. The number of hydrogen-bond acceptors (Lipinski definition) is 5. The molecule has 0 N–H and O–H groups in total. The molecule has 1 aromatic heterocycles. The molecule has 6 nitrogen and oxygen atoms in total. The Morgan fingerprint density at radius 2 is 1.94 bits per heavy atom. The lowest BCUT2D eigenvalue weighted by Gasteiger charge is -2.27. The van der Waals surface area contributed by atoms with Crippen LogP contribution in [0.3, 0.4) is 0 Å². The molecule has 0 radical (unpaired) electrons. The van der Waals surface area contributed by atoms with Gasteiger partial charge in [0, 0.05) is 37.0 Å². The van der Waals surface area contributed by atoms with Crippen LogP contribution in [-0.4, -0.2) is 47.8 Å². The van der Waals surface area contributed by atoms with Crippen LogP contribution < -0.4 is 9.47 Å². The first-order valence-electron chi connectivity index (χ1n) is 11.0. The highest BCUT2D eigenvalue weighted by atomic mass is 16.7. The van der Waals surface area contributed by atoms with E-state index >= 15 is 0 Å². The molecule has 3 heterocycles. The zero-order valence-electron chi connectivity index (χ0n) is 18.0. The monoisotopic (exact) mass is 419 g/mol. The lowest BCUT2D eigenvalue weighted by molar-refractivity contribution is -0.00257. The quantitative estimate of drug-likeness (QED) is 0.571. The summed E-state index contributed by atoms with van der Waals surface area (Å²) < 4.78 is 19.1. The molecule has 2 aliphatic rings. The average molecular weight is 420 g/mol. The molecular formula is C25H29N3O3. The minimum atomic E-state index is 0.276. The van der Waals surface area contributed by atoms with Crippen molar-refractivity contribution in [3.05, 3.63) is 65.9 Å². The van der Waals surface area contributed by atoms with Gasteiger partial charge in [0.15, 0.2) is 11.5 Å². The van der Waals surface area contributed by atoms with Gasteiger partial charge in [0.1, 0.15) is 0 Å². The molecule has 5 rings (SSSR count). The minimum Gasteiger partial charge on any atom is -0.454 e. The second kappa shape index (κ2) is 9.12. The summed E-state index contributed by atoms with van der Waals surface area (Å²) in [6, 6.07) is 16.5. The summed E-state index contributed by atoms with van der Waals surface area (Å²) in [5, 5.41) is 4.96. The van der Waals surface area contributed by atoms with Crippen molar-refractivity contribution in [1.82, 2.24) is 14.7 Å². The molecule has 0 unspecified atom stereocenters. The van der Waals surface area contributed by atoms with Crippen LogP contribution in [0.2, 0.25) is 0 Å². The Morgan fingerprint density at radius 3 is 2.77 bits per heavy atom. The largest absolute Gasteiger partial charge is 0.454 e. The van der Waals surface area contributed by atoms with E-state index in [-0.39, 0.29) is 6.79 Å². The van der Waals surface area contributed by atoms with E-state index in [1.807, 2.05) is 22.9 Å². The van der Waals surface area contributed by atoms with Gasteiger partial charge >= 0.3 is 0 Å². The van der Waals surface area contributed by atoms with Crippen LogP contribution in [0.15, 0.2) is 54.7 Å². The van der Waals surface area contributed by atoms with Crippen molar-refractivity contribution < 1.29 is 14.2 Å². The maximum absolute atomic E-state index is 5.94.